The summed E-state index contributed by atoms with van der Waals surface area (Å²) in [5.74, 6) is 0. The van der Waals surface area contributed by atoms with E-state index in [4.69, 9.17) is 4.74 Å². The molecule has 2 rings (SSSR count). The maximum Gasteiger partial charge on any atom is 0.406 e. The molecule has 4 nitrogen and oxygen atoms in total. The summed E-state index contributed by atoms with van der Waals surface area (Å²) in [6.07, 6.45) is -0.229. The molecule has 0 radical (unpaired) electrons. The maximum atomic E-state index is 10.8. The number of benzene rings is 1. The molecule has 0 aromatic heterocycles. The summed E-state index contributed by atoms with van der Waals surface area (Å²) in [5, 5.41) is 2.61. The van der Waals surface area contributed by atoms with Gasteiger partial charge in [0.2, 0.25) is 0 Å². The first-order chi connectivity index (χ1) is 7.31. The third-order valence-electron chi connectivity index (χ3n) is 2.34. The van der Waals surface area contributed by atoms with Crippen LogP contribution in [0, 0.1) is 0 Å². The number of hydrogen-bond donors (Lipinski definition) is 1. The Labute approximate surface area is 88.2 Å². The summed E-state index contributed by atoms with van der Waals surface area (Å²) in [5.41, 5.74) is 1.15. The van der Waals surface area contributed by atoms with Gasteiger partial charge in [-0.05, 0) is 5.56 Å². The highest BCUT2D eigenvalue weighted by atomic mass is 16.6. The fraction of sp³-hybridized carbons (Fsp3) is 0.364. The summed E-state index contributed by atoms with van der Waals surface area (Å²) >= 11 is 0. The van der Waals surface area contributed by atoms with Gasteiger partial charge in [-0.2, -0.15) is 0 Å². The average Bonchev–Trinajstić information content (AvgIpc) is 3.06. The zero-order chi connectivity index (χ0) is 10.7. The summed E-state index contributed by atoms with van der Waals surface area (Å²) in [6, 6.07) is 9.95. The quantitative estimate of drug-likeness (QED) is 0.764. The van der Waals surface area contributed by atoms with Crippen LogP contribution in [-0.2, 0) is 9.47 Å². The number of amides is 1. The van der Waals surface area contributed by atoms with Crippen LogP contribution >= 0.6 is 0 Å². The van der Waals surface area contributed by atoms with Crippen LogP contribution in [-0.4, -0.2) is 25.9 Å². The number of epoxide rings is 1. The van der Waals surface area contributed by atoms with Gasteiger partial charge < -0.3 is 14.8 Å². The van der Waals surface area contributed by atoms with E-state index in [1.807, 2.05) is 30.3 Å². The van der Waals surface area contributed by atoms with E-state index in [1.54, 1.807) is 0 Å². The summed E-state index contributed by atoms with van der Waals surface area (Å²) in [6.45, 7) is 0.492. The van der Waals surface area contributed by atoms with E-state index >= 15 is 0 Å². The predicted octanol–water partition coefficient (Wildman–Crippen LogP) is 1.48. The minimum absolute atomic E-state index is 0.0755. The molecule has 1 aromatic rings. The molecule has 1 N–H and O–H groups in total. The lowest BCUT2D eigenvalue weighted by molar-refractivity contribution is 0.170. The van der Waals surface area contributed by atoms with E-state index in [0.717, 1.165) is 5.56 Å². The van der Waals surface area contributed by atoms with E-state index < -0.39 is 6.09 Å². The van der Waals surface area contributed by atoms with Crippen molar-refractivity contribution in [3.05, 3.63) is 35.9 Å². The first-order valence-electron chi connectivity index (χ1n) is 4.83. The molecule has 1 aliphatic heterocycles. The highest BCUT2D eigenvalue weighted by molar-refractivity contribution is 5.66. The van der Waals surface area contributed by atoms with Crippen LogP contribution in [0.1, 0.15) is 11.7 Å². The molecule has 1 amide bonds. The van der Waals surface area contributed by atoms with Gasteiger partial charge in [-0.1, -0.05) is 30.3 Å². The minimum atomic E-state index is -0.419. The fourth-order valence-corrected chi connectivity index (χ4v) is 1.49. The molecule has 1 fully saturated rings. The maximum absolute atomic E-state index is 10.8. The molecule has 1 aliphatic rings. The second-order valence-corrected chi connectivity index (χ2v) is 3.38. The van der Waals surface area contributed by atoms with Crippen LogP contribution in [0.4, 0.5) is 4.79 Å². The highest BCUT2D eigenvalue weighted by Gasteiger charge is 2.39. The van der Waals surface area contributed by atoms with Crippen molar-refractivity contribution >= 4 is 6.09 Å². The summed E-state index contributed by atoms with van der Waals surface area (Å²) in [4.78, 5) is 10.8. The van der Waals surface area contributed by atoms with Gasteiger partial charge in [-0.15, -0.1) is 0 Å². The van der Waals surface area contributed by atoms with Gasteiger partial charge in [0, 0.05) is 0 Å². The Balaban J connectivity index is 1.79. The van der Waals surface area contributed by atoms with Crippen LogP contribution in [0.3, 0.4) is 0 Å². The van der Waals surface area contributed by atoms with Crippen molar-refractivity contribution in [2.75, 3.05) is 13.7 Å². The van der Waals surface area contributed by atoms with Crippen LogP contribution in [0.5, 0.6) is 0 Å². The minimum Gasteiger partial charge on any atom is -0.453 e. The van der Waals surface area contributed by atoms with Crippen molar-refractivity contribution in [3.8, 4) is 0 Å². The van der Waals surface area contributed by atoms with Crippen LogP contribution in [0.2, 0.25) is 0 Å². The van der Waals surface area contributed by atoms with Gasteiger partial charge in [0.25, 0.3) is 0 Å². The van der Waals surface area contributed by atoms with Crippen molar-refractivity contribution in [1.82, 2.24) is 5.32 Å². The lowest BCUT2D eigenvalue weighted by Crippen LogP contribution is -2.27. The molecular weight excluding hydrogens is 194 g/mol. The first kappa shape index (κ1) is 9.98. The lowest BCUT2D eigenvalue weighted by Gasteiger charge is -1.99. The van der Waals surface area contributed by atoms with Gasteiger partial charge in [-0.25, -0.2) is 4.79 Å². The molecule has 80 valence electrons. The van der Waals surface area contributed by atoms with Crippen LogP contribution < -0.4 is 5.32 Å². The van der Waals surface area contributed by atoms with E-state index in [-0.39, 0.29) is 12.2 Å². The zero-order valence-corrected chi connectivity index (χ0v) is 8.47. The Morgan fingerprint density at radius 1 is 1.47 bits per heavy atom. The molecule has 1 saturated heterocycles. The molecule has 0 aliphatic carbocycles. The normalized spacial score (nSPS) is 23.3. The van der Waals surface area contributed by atoms with E-state index in [0.29, 0.717) is 6.54 Å². The summed E-state index contributed by atoms with van der Waals surface area (Å²) in [7, 11) is 1.35. The van der Waals surface area contributed by atoms with E-state index in [9.17, 15) is 4.79 Å². The monoisotopic (exact) mass is 207 g/mol. The third-order valence-corrected chi connectivity index (χ3v) is 2.34. The van der Waals surface area contributed by atoms with Crippen molar-refractivity contribution in [1.29, 1.82) is 0 Å². The van der Waals surface area contributed by atoms with Crippen molar-refractivity contribution in [3.63, 3.8) is 0 Å². The predicted molar refractivity (Wildman–Crippen MR) is 54.5 cm³/mol. The number of carbonyl (C=O) groups is 1. The molecule has 1 aromatic carbocycles. The smallest absolute Gasteiger partial charge is 0.406 e. The lowest BCUT2D eigenvalue weighted by atomic mass is 10.1. The fourth-order valence-electron chi connectivity index (χ4n) is 1.49. The number of rotatable bonds is 3. The number of hydrogen-bond acceptors (Lipinski definition) is 3. The Morgan fingerprint density at radius 3 is 2.87 bits per heavy atom. The Morgan fingerprint density at radius 2 is 2.20 bits per heavy atom. The van der Waals surface area contributed by atoms with Gasteiger partial charge in [0.1, 0.15) is 12.2 Å². The number of ether oxygens (including phenoxy) is 2. The molecule has 2 atom stereocenters. The third kappa shape index (κ3) is 2.47. The molecule has 15 heavy (non-hydrogen) atoms. The number of methoxy groups -OCH3 is 1. The Hall–Kier alpha value is -1.55. The van der Waals surface area contributed by atoms with Crippen molar-refractivity contribution in [2.24, 2.45) is 0 Å². The standard InChI is InChI=1S/C11H13NO3/c1-14-11(13)12-7-9-10(15-9)8-5-3-2-4-6-8/h2-6,9-10H,7H2,1H3,(H,12,13). The van der Waals surface area contributed by atoms with Gasteiger partial charge >= 0.3 is 6.09 Å². The van der Waals surface area contributed by atoms with E-state index in [2.05, 4.69) is 10.1 Å². The molecule has 0 saturated carbocycles. The molecule has 0 spiro atoms. The first-order valence-corrected chi connectivity index (χ1v) is 4.83. The number of carbonyl (C=O) groups excluding carboxylic acids is 1. The van der Waals surface area contributed by atoms with Crippen molar-refractivity contribution in [2.45, 2.75) is 12.2 Å². The number of alkyl carbamates (subject to hydrolysis) is 1. The SMILES string of the molecule is COC(=O)NCC1OC1c1ccccc1. The molecular formula is C11H13NO3. The topological polar surface area (TPSA) is 50.9 Å². The largest absolute Gasteiger partial charge is 0.453 e. The van der Waals surface area contributed by atoms with Gasteiger partial charge in [-0.3, -0.25) is 0 Å². The van der Waals surface area contributed by atoms with Gasteiger partial charge in [0.05, 0.1) is 13.7 Å². The van der Waals surface area contributed by atoms with Crippen molar-refractivity contribution < 1.29 is 14.3 Å². The zero-order valence-electron chi connectivity index (χ0n) is 8.47. The second kappa shape index (κ2) is 4.31. The molecule has 2 unspecified atom stereocenters. The van der Waals surface area contributed by atoms with Crippen LogP contribution in [0.15, 0.2) is 30.3 Å². The van der Waals surface area contributed by atoms with E-state index in [1.165, 1.54) is 7.11 Å². The summed E-state index contributed by atoms with van der Waals surface area (Å²) < 4.78 is 9.89. The molecule has 1 heterocycles. The molecule has 0 bridgehead atoms. The second-order valence-electron chi connectivity index (χ2n) is 3.38. The van der Waals surface area contributed by atoms with Gasteiger partial charge in [0.15, 0.2) is 0 Å². The number of nitrogens with one attached hydrogen (secondary N) is 1. The van der Waals surface area contributed by atoms with Crippen LogP contribution in [0.25, 0.3) is 0 Å². The molecule has 4 heteroatoms. The highest BCUT2D eigenvalue weighted by Crippen LogP contribution is 2.37. The Bertz CT molecular complexity index is 339. The Kier molecular flexibility index (Phi) is 2.87. The average molecular weight is 207 g/mol.